The van der Waals surface area contributed by atoms with E-state index >= 15 is 0 Å². The summed E-state index contributed by atoms with van der Waals surface area (Å²) in [5.74, 6) is -4.33. The number of benzene rings is 1. The Balaban J connectivity index is 3.50. The molecule has 0 saturated heterocycles. The van der Waals surface area contributed by atoms with Crippen LogP contribution in [0.15, 0.2) is 0 Å². The average molecular weight is 763 g/mol. The molecule has 11 nitrogen and oxygen atoms in total. The number of anilines is 2. The molecule has 0 saturated carbocycles. The molecule has 0 fully saturated rings. The summed E-state index contributed by atoms with van der Waals surface area (Å²) in [6.07, 6.45) is -6.94. The summed E-state index contributed by atoms with van der Waals surface area (Å²) < 4.78 is 1.02. The molecule has 0 radical (unpaired) electrons. The first-order valence-corrected chi connectivity index (χ1v) is 11.5. The van der Waals surface area contributed by atoms with E-state index in [0.717, 1.165) is 0 Å². The van der Waals surface area contributed by atoms with Crippen molar-refractivity contribution in [1.82, 2.24) is 4.90 Å². The molecule has 0 aliphatic heterocycles. The van der Waals surface area contributed by atoms with Gasteiger partial charge in [-0.15, -0.1) is 0 Å². The van der Waals surface area contributed by atoms with Gasteiger partial charge in [0, 0.05) is 38.8 Å². The van der Waals surface area contributed by atoms with Crippen LogP contribution in [0.25, 0.3) is 0 Å². The Morgan fingerprint density at radius 2 is 1.13 bits per heavy atom. The first-order chi connectivity index (χ1) is 13.9. The van der Waals surface area contributed by atoms with Crippen LogP contribution in [0.1, 0.15) is 24.5 Å². The van der Waals surface area contributed by atoms with Crippen LogP contribution in [-0.2, 0) is 14.4 Å². The molecule has 0 bridgehead atoms. The molecule has 3 atom stereocenters. The van der Waals surface area contributed by atoms with Crippen LogP contribution in [-0.4, -0.2) is 73.6 Å². The van der Waals surface area contributed by atoms with E-state index in [1.165, 1.54) is 0 Å². The highest BCUT2D eigenvalue weighted by Crippen LogP contribution is 2.38. The summed E-state index contributed by atoms with van der Waals surface area (Å²) in [5.41, 5.74) is 12.2. The minimum atomic E-state index is -2.08. The van der Waals surface area contributed by atoms with Crippen molar-refractivity contribution in [2.75, 3.05) is 24.7 Å². The largest absolute Gasteiger partial charge is 0.397 e. The lowest BCUT2D eigenvalue weighted by Crippen LogP contribution is -2.52. The maximum absolute atomic E-state index is 13.0. The lowest BCUT2D eigenvalue weighted by Gasteiger charge is -2.27. The first-order valence-electron chi connectivity index (χ1n) is 8.31. The number of aliphatic hydroxyl groups is 5. The first kappa shape index (κ1) is 27.7. The van der Waals surface area contributed by atoms with Gasteiger partial charge in [-0.25, -0.2) is 4.90 Å². The molecule has 3 unspecified atom stereocenters. The SMILES string of the molecule is Nc1c(I)c(N)c(I)c(C(O)C(=O)N(C(=O)C(O)CCO)C(=O)C(O)CCO)c1I. The number of carbonyl (C=O) groups excluding carboxylic acids is 3. The Bertz CT molecular complexity index is 785. The second-order valence-electron chi connectivity index (χ2n) is 5.99. The van der Waals surface area contributed by atoms with Gasteiger partial charge in [-0.3, -0.25) is 14.4 Å². The van der Waals surface area contributed by atoms with Crippen LogP contribution in [0.5, 0.6) is 0 Å². The summed E-state index contributed by atoms with van der Waals surface area (Å²) in [6.45, 7) is -1.24. The van der Waals surface area contributed by atoms with E-state index in [2.05, 4.69) is 0 Å². The molecular weight excluding hydrogens is 743 g/mol. The van der Waals surface area contributed by atoms with Gasteiger partial charge in [0.15, 0.2) is 6.10 Å². The number of carbonyl (C=O) groups is 3. The minimum Gasteiger partial charge on any atom is -0.397 e. The van der Waals surface area contributed by atoms with Crippen molar-refractivity contribution in [2.24, 2.45) is 0 Å². The predicted molar refractivity (Wildman–Crippen MR) is 131 cm³/mol. The van der Waals surface area contributed by atoms with Gasteiger partial charge in [-0.05, 0) is 67.8 Å². The van der Waals surface area contributed by atoms with Crippen molar-refractivity contribution < 1.29 is 39.9 Å². The topological polar surface area (TPSA) is 208 Å². The third-order valence-corrected chi connectivity index (χ3v) is 7.45. The fraction of sp³-hybridized carbons (Fsp3) is 0.438. The molecule has 168 valence electrons. The number of nitrogen functional groups attached to an aromatic ring is 2. The summed E-state index contributed by atoms with van der Waals surface area (Å²) in [6, 6.07) is 0. The number of nitrogens with zero attached hydrogens (tertiary/aromatic N) is 1. The fourth-order valence-electron chi connectivity index (χ4n) is 2.33. The summed E-state index contributed by atoms with van der Waals surface area (Å²) in [4.78, 5) is 37.9. The number of imide groups is 3. The number of hydrogen-bond donors (Lipinski definition) is 7. The van der Waals surface area contributed by atoms with Gasteiger partial charge in [0.25, 0.3) is 17.7 Å². The smallest absolute Gasteiger partial charge is 0.269 e. The Morgan fingerprint density at radius 3 is 1.47 bits per heavy atom. The van der Waals surface area contributed by atoms with Gasteiger partial charge >= 0.3 is 0 Å². The molecule has 30 heavy (non-hydrogen) atoms. The van der Waals surface area contributed by atoms with Crippen LogP contribution in [0.4, 0.5) is 11.4 Å². The molecule has 0 aliphatic rings. The zero-order valence-electron chi connectivity index (χ0n) is 15.3. The average Bonchev–Trinajstić information content (AvgIpc) is 2.70. The molecule has 1 aromatic carbocycles. The van der Waals surface area contributed by atoms with Crippen molar-refractivity contribution in [1.29, 1.82) is 0 Å². The monoisotopic (exact) mass is 763 g/mol. The maximum atomic E-state index is 13.0. The van der Waals surface area contributed by atoms with E-state index in [9.17, 15) is 29.7 Å². The summed E-state index contributed by atoms with van der Waals surface area (Å²) in [5, 5.41) is 48.3. The van der Waals surface area contributed by atoms with E-state index < -0.39 is 62.1 Å². The second-order valence-corrected chi connectivity index (χ2v) is 9.23. The van der Waals surface area contributed by atoms with E-state index in [1.807, 2.05) is 22.6 Å². The van der Waals surface area contributed by atoms with Crippen LogP contribution in [0.3, 0.4) is 0 Å². The highest BCUT2D eigenvalue weighted by atomic mass is 127. The quantitative estimate of drug-likeness (QED) is 0.128. The molecule has 0 heterocycles. The molecule has 0 aromatic heterocycles. The molecule has 0 spiro atoms. The number of halogens is 3. The molecule has 0 aliphatic carbocycles. The van der Waals surface area contributed by atoms with E-state index in [1.54, 1.807) is 45.2 Å². The predicted octanol–water partition coefficient (Wildman–Crippen LogP) is -0.933. The van der Waals surface area contributed by atoms with Gasteiger partial charge in [0.05, 0.1) is 14.9 Å². The fourth-order valence-corrected chi connectivity index (χ4v) is 6.08. The van der Waals surface area contributed by atoms with Gasteiger partial charge in [0.1, 0.15) is 12.2 Å². The molecule has 1 aromatic rings. The van der Waals surface area contributed by atoms with Gasteiger partial charge in [-0.1, -0.05) is 0 Å². The van der Waals surface area contributed by atoms with Crippen molar-refractivity contribution in [2.45, 2.75) is 31.2 Å². The van der Waals surface area contributed by atoms with Crippen molar-refractivity contribution in [3.8, 4) is 0 Å². The standard InChI is InChI=1S/C16H20I3N3O8/c17-8-7(9(18)12(21)10(19)11(8)20)13(27)16(30)22(14(28)5(25)1-3-23)15(29)6(26)2-4-24/h5-6,13,23-27H,1-4,20-21H2. The van der Waals surface area contributed by atoms with Crippen molar-refractivity contribution in [3.05, 3.63) is 16.3 Å². The summed E-state index contributed by atoms with van der Waals surface area (Å²) >= 11 is 5.44. The van der Waals surface area contributed by atoms with Crippen molar-refractivity contribution >= 4 is 96.9 Å². The second kappa shape index (κ2) is 12.0. The number of amides is 3. The lowest BCUT2D eigenvalue weighted by molar-refractivity contribution is -0.166. The third-order valence-electron chi connectivity index (χ3n) is 3.96. The summed E-state index contributed by atoms with van der Waals surface area (Å²) in [7, 11) is 0. The highest BCUT2D eigenvalue weighted by Gasteiger charge is 2.40. The maximum Gasteiger partial charge on any atom is 0.269 e. The number of hydrogen-bond acceptors (Lipinski definition) is 10. The molecule has 1 rings (SSSR count). The Kier molecular flexibility index (Phi) is 11.1. The Labute approximate surface area is 212 Å². The van der Waals surface area contributed by atoms with Gasteiger partial charge in [0.2, 0.25) is 0 Å². The number of nitrogens with two attached hydrogens (primary N) is 2. The number of aliphatic hydroxyl groups excluding tert-OH is 5. The van der Waals surface area contributed by atoms with Crippen LogP contribution >= 0.6 is 67.8 Å². The highest BCUT2D eigenvalue weighted by molar-refractivity contribution is 14.1. The van der Waals surface area contributed by atoms with E-state index in [-0.39, 0.29) is 29.0 Å². The van der Waals surface area contributed by atoms with Gasteiger partial charge in [-0.2, -0.15) is 0 Å². The zero-order valence-corrected chi connectivity index (χ0v) is 21.7. The lowest BCUT2D eigenvalue weighted by atomic mass is 10.0. The van der Waals surface area contributed by atoms with Crippen LogP contribution < -0.4 is 11.5 Å². The van der Waals surface area contributed by atoms with E-state index in [0.29, 0.717) is 3.57 Å². The van der Waals surface area contributed by atoms with Gasteiger partial charge < -0.3 is 37.0 Å². The third kappa shape index (κ3) is 5.90. The Hall–Kier alpha value is -0.380. The normalized spacial score (nSPS) is 14.1. The molecular formula is C16H20I3N3O8. The zero-order chi connectivity index (χ0) is 23.3. The minimum absolute atomic E-state index is 0.0458. The number of rotatable bonds is 8. The molecule has 3 amide bonds. The van der Waals surface area contributed by atoms with Crippen LogP contribution in [0, 0.1) is 10.7 Å². The molecule has 14 heteroatoms. The van der Waals surface area contributed by atoms with Crippen LogP contribution in [0.2, 0.25) is 0 Å². The van der Waals surface area contributed by atoms with E-state index in [4.69, 9.17) is 21.7 Å². The van der Waals surface area contributed by atoms with Crippen molar-refractivity contribution in [3.63, 3.8) is 0 Å². The molecule has 9 N–H and O–H groups in total. The Morgan fingerprint density at radius 1 is 0.767 bits per heavy atom.